The molecule has 0 aromatic carbocycles. The van der Waals surface area contributed by atoms with Crippen LogP contribution in [0.3, 0.4) is 0 Å². The maximum absolute atomic E-state index is 16.2. The number of nitrogens with zero attached hydrogens (tertiary/aromatic N) is 4. The van der Waals surface area contributed by atoms with Gasteiger partial charge in [0, 0.05) is 27.3 Å². The minimum atomic E-state index is -2.08. The number of rotatable bonds is 5. The van der Waals surface area contributed by atoms with Crippen molar-refractivity contribution in [1.82, 2.24) is 19.5 Å². The molecule has 1 aliphatic carbocycles. The second-order valence-corrected chi connectivity index (χ2v) is 7.81. The van der Waals surface area contributed by atoms with Crippen LogP contribution in [-0.2, 0) is 15.2 Å². The first-order chi connectivity index (χ1) is 14.4. The third-order valence-corrected chi connectivity index (χ3v) is 5.93. The molecular weight excluding hydrogens is 407 g/mol. The maximum Gasteiger partial charge on any atom is 0.223 e. The van der Waals surface area contributed by atoms with Gasteiger partial charge in [-0.15, -0.1) is 11.3 Å². The molecule has 0 N–H and O–H groups in total. The summed E-state index contributed by atoms with van der Waals surface area (Å²) in [7, 11) is 3.05. The number of hydrogen-bond acceptors (Lipinski definition) is 6. The van der Waals surface area contributed by atoms with Crippen molar-refractivity contribution in [3.05, 3.63) is 76.0 Å². The number of halogens is 1. The number of methoxy groups -OCH3 is 1. The Kier molecular flexibility index (Phi) is 5.08. The van der Waals surface area contributed by atoms with Gasteiger partial charge in [0.05, 0.1) is 28.0 Å². The van der Waals surface area contributed by atoms with Crippen LogP contribution >= 0.6 is 11.3 Å². The van der Waals surface area contributed by atoms with Crippen LogP contribution in [0.1, 0.15) is 27.9 Å². The molecule has 2 atom stereocenters. The highest BCUT2D eigenvalue weighted by Gasteiger charge is 2.37. The van der Waals surface area contributed by atoms with Gasteiger partial charge in [-0.3, -0.25) is 9.59 Å². The SMILES string of the molecule is COC1C=CC(F)(c2ccnc3c(C(=O)c4cccs4)cnn23)C=C1N(C)C(C)=O. The highest BCUT2D eigenvalue weighted by atomic mass is 32.1. The molecule has 9 heteroatoms. The lowest BCUT2D eigenvalue weighted by atomic mass is 9.92. The molecule has 0 saturated heterocycles. The number of carbonyl (C=O) groups excluding carboxylic acids is 2. The van der Waals surface area contributed by atoms with Gasteiger partial charge in [0.2, 0.25) is 11.7 Å². The fourth-order valence-electron chi connectivity index (χ4n) is 3.38. The van der Waals surface area contributed by atoms with Crippen molar-refractivity contribution in [3.8, 4) is 0 Å². The molecule has 0 aliphatic heterocycles. The van der Waals surface area contributed by atoms with Gasteiger partial charge in [-0.25, -0.2) is 13.9 Å². The molecule has 3 aromatic rings. The normalized spacial score (nSPS) is 20.9. The Morgan fingerprint density at radius 1 is 1.37 bits per heavy atom. The van der Waals surface area contributed by atoms with E-state index in [-0.39, 0.29) is 23.0 Å². The van der Waals surface area contributed by atoms with E-state index < -0.39 is 11.8 Å². The molecule has 0 bridgehead atoms. The van der Waals surface area contributed by atoms with E-state index in [1.807, 2.05) is 5.38 Å². The Labute approximate surface area is 176 Å². The van der Waals surface area contributed by atoms with Crippen molar-refractivity contribution in [2.75, 3.05) is 14.2 Å². The number of thiophene rings is 1. The van der Waals surface area contributed by atoms with E-state index in [0.29, 0.717) is 16.1 Å². The Morgan fingerprint density at radius 2 is 2.17 bits per heavy atom. The van der Waals surface area contributed by atoms with Gasteiger partial charge in [-0.1, -0.05) is 12.1 Å². The predicted octanol–water partition coefficient (Wildman–Crippen LogP) is 3.13. The summed E-state index contributed by atoms with van der Waals surface area (Å²) in [4.78, 5) is 30.8. The summed E-state index contributed by atoms with van der Waals surface area (Å²) >= 11 is 1.32. The molecule has 0 fully saturated rings. The minimum Gasteiger partial charge on any atom is -0.371 e. The van der Waals surface area contributed by atoms with E-state index in [0.717, 1.165) is 0 Å². The summed E-state index contributed by atoms with van der Waals surface area (Å²) < 4.78 is 22.9. The summed E-state index contributed by atoms with van der Waals surface area (Å²) in [6.45, 7) is 1.40. The number of ketones is 1. The Hall–Kier alpha value is -3.17. The molecule has 0 radical (unpaired) electrons. The lowest BCUT2D eigenvalue weighted by molar-refractivity contribution is -0.126. The van der Waals surface area contributed by atoms with Gasteiger partial charge in [-0.05, 0) is 29.7 Å². The number of likely N-dealkylation sites (N-methyl/N-ethyl adjacent to an activating group) is 1. The average Bonchev–Trinajstić information content (AvgIpc) is 3.42. The smallest absolute Gasteiger partial charge is 0.223 e. The first kappa shape index (κ1) is 20.1. The third-order valence-electron chi connectivity index (χ3n) is 5.06. The molecule has 1 amide bonds. The lowest BCUT2D eigenvalue weighted by Gasteiger charge is -2.31. The van der Waals surface area contributed by atoms with E-state index in [4.69, 9.17) is 4.74 Å². The molecule has 3 heterocycles. The minimum absolute atomic E-state index is 0.165. The van der Waals surface area contributed by atoms with Gasteiger partial charge in [0.15, 0.2) is 11.3 Å². The number of alkyl halides is 1. The molecule has 3 aromatic heterocycles. The molecule has 7 nitrogen and oxygen atoms in total. The zero-order valence-corrected chi connectivity index (χ0v) is 17.4. The number of amides is 1. The van der Waals surface area contributed by atoms with Crippen LogP contribution in [0.2, 0.25) is 0 Å². The summed E-state index contributed by atoms with van der Waals surface area (Å²) in [5.41, 5.74) is -0.979. The Morgan fingerprint density at radius 3 is 2.83 bits per heavy atom. The van der Waals surface area contributed by atoms with Crippen molar-refractivity contribution in [3.63, 3.8) is 0 Å². The largest absolute Gasteiger partial charge is 0.371 e. The quantitative estimate of drug-likeness (QED) is 0.463. The van der Waals surface area contributed by atoms with Gasteiger partial charge in [0.1, 0.15) is 6.10 Å². The van der Waals surface area contributed by atoms with E-state index in [9.17, 15) is 9.59 Å². The van der Waals surface area contributed by atoms with E-state index in [1.54, 1.807) is 25.3 Å². The van der Waals surface area contributed by atoms with E-state index in [2.05, 4.69) is 10.1 Å². The number of carbonyl (C=O) groups is 2. The number of allylic oxidation sites excluding steroid dienone is 2. The van der Waals surface area contributed by atoms with Crippen molar-refractivity contribution in [1.29, 1.82) is 0 Å². The summed E-state index contributed by atoms with van der Waals surface area (Å²) in [5.74, 6) is -0.465. The highest BCUT2D eigenvalue weighted by Crippen LogP contribution is 2.36. The highest BCUT2D eigenvalue weighted by molar-refractivity contribution is 7.12. The first-order valence-electron chi connectivity index (χ1n) is 9.15. The van der Waals surface area contributed by atoms with Gasteiger partial charge >= 0.3 is 0 Å². The summed E-state index contributed by atoms with van der Waals surface area (Å²) in [6.07, 6.45) is 6.53. The molecule has 4 rings (SSSR count). The second-order valence-electron chi connectivity index (χ2n) is 6.86. The average molecular weight is 426 g/mol. The number of fused-ring (bicyclic) bond motifs is 1. The molecular formula is C21H19FN4O3S. The topological polar surface area (TPSA) is 76.8 Å². The number of ether oxygens (including phenoxy) is 1. The Balaban J connectivity index is 1.83. The molecule has 2 unspecified atom stereocenters. The van der Waals surface area contributed by atoms with Gasteiger partial charge < -0.3 is 9.64 Å². The monoisotopic (exact) mass is 426 g/mol. The maximum atomic E-state index is 16.2. The zero-order chi connectivity index (χ0) is 21.5. The van der Waals surface area contributed by atoms with Crippen LogP contribution < -0.4 is 0 Å². The van der Waals surface area contributed by atoms with Crippen LogP contribution in [0.15, 0.2) is 59.9 Å². The van der Waals surface area contributed by atoms with Gasteiger partial charge in [0.25, 0.3) is 0 Å². The van der Waals surface area contributed by atoms with Gasteiger partial charge in [-0.2, -0.15) is 5.10 Å². The van der Waals surface area contributed by atoms with Crippen molar-refractivity contribution in [2.24, 2.45) is 0 Å². The molecule has 30 heavy (non-hydrogen) atoms. The molecule has 1 aliphatic rings. The molecule has 0 spiro atoms. The lowest BCUT2D eigenvalue weighted by Crippen LogP contribution is -2.35. The van der Waals surface area contributed by atoms with Crippen LogP contribution in [0.5, 0.6) is 0 Å². The predicted molar refractivity (Wildman–Crippen MR) is 110 cm³/mol. The zero-order valence-electron chi connectivity index (χ0n) is 16.6. The van der Waals surface area contributed by atoms with E-state index in [1.165, 1.54) is 65.4 Å². The van der Waals surface area contributed by atoms with Crippen molar-refractivity contribution >= 4 is 28.7 Å². The molecule has 154 valence electrons. The molecule has 0 saturated carbocycles. The van der Waals surface area contributed by atoms with Crippen molar-refractivity contribution < 1.29 is 18.7 Å². The van der Waals surface area contributed by atoms with Crippen LogP contribution in [0.25, 0.3) is 5.65 Å². The third kappa shape index (κ3) is 3.25. The Bertz CT molecular complexity index is 1180. The fraction of sp³-hybridized carbons (Fsp3) is 0.238. The van der Waals surface area contributed by atoms with Crippen LogP contribution in [0, 0.1) is 0 Å². The number of hydrogen-bond donors (Lipinski definition) is 0. The fourth-order valence-corrected chi connectivity index (χ4v) is 4.06. The first-order valence-corrected chi connectivity index (χ1v) is 10.0. The van der Waals surface area contributed by atoms with E-state index >= 15 is 4.39 Å². The summed E-state index contributed by atoms with van der Waals surface area (Å²) in [5, 5.41) is 6.05. The van der Waals surface area contributed by atoms with Crippen LogP contribution in [0.4, 0.5) is 4.39 Å². The standard InChI is InChI=1S/C21H19FN4O3S/c1-13(27)25(2)15-11-21(22,8-6-16(15)29-3)18-7-9-23-20-14(12-24-26(18)20)19(28)17-5-4-10-30-17/h4-12,16H,1-3H3. The number of aromatic nitrogens is 3. The van der Waals surface area contributed by atoms with Crippen molar-refractivity contribution in [2.45, 2.75) is 18.7 Å². The second kappa shape index (κ2) is 7.58. The summed E-state index contributed by atoms with van der Waals surface area (Å²) in [6, 6.07) is 5.01. The van der Waals surface area contributed by atoms with Crippen LogP contribution in [-0.4, -0.2) is 51.4 Å².